The van der Waals surface area contributed by atoms with Gasteiger partial charge in [0.15, 0.2) is 0 Å². The van der Waals surface area contributed by atoms with Crippen molar-refractivity contribution in [3.63, 3.8) is 0 Å². The van der Waals surface area contributed by atoms with E-state index >= 15 is 0 Å². The van der Waals surface area contributed by atoms with Gasteiger partial charge in [-0.15, -0.1) is 0 Å². The van der Waals surface area contributed by atoms with Crippen LogP contribution in [0.25, 0.3) is 0 Å². The summed E-state index contributed by atoms with van der Waals surface area (Å²) in [4.78, 5) is 15.0. The highest BCUT2D eigenvalue weighted by atomic mass is 16.2. The van der Waals surface area contributed by atoms with Gasteiger partial charge in [0.1, 0.15) is 0 Å². The van der Waals surface area contributed by atoms with Crippen LogP contribution in [0, 0.1) is 5.41 Å². The largest absolute Gasteiger partial charge is 0.353 e. The van der Waals surface area contributed by atoms with Crippen LogP contribution in [0.2, 0.25) is 0 Å². The molecule has 110 valence electrons. The second kappa shape index (κ2) is 5.06. The number of nitrogens with zero attached hydrogens (tertiary/aromatic N) is 1. The molecule has 2 saturated heterocycles. The number of fused-ring (bicyclic) bond motifs is 1. The van der Waals surface area contributed by atoms with Crippen molar-refractivity contribution >= 4 is 5.91 Å². The zero-order chi connectivity index (χ0) is 14.3. The number of carbonyl (C=O) groups excluding carboxylic acids is 1. The van der Waals surface area contributed by atoms with Crippen molar-refractivity contribution in [3.05, 3.63) is 0 Å². The Morgan fingerprint density at radius 3 is 2.53 bits per heavy atom. The Bertz CT molecular complexity index is 346. The summed E-state index contributed by atoms with van der Waals surface area (Å²) in [6.45, 7) is 10.1. The Morgan fingerprint density at radius 1 is 1.21 bits per heavy atom. The fourth-order valence-electron chi connectivity index (χ4n) is 3.01. The summed E-state index contributed by atoms with van der Waals surface area (Å²) in [6, 6.07) is 1.02. The van der Waals surface area contributed by atoms with E-state index in [4.69, 9.17) is 5.73 Å². The van der Waals surface area contributed by atoms with Crippen LogP contribution in [0.1, 0.15) is 53.4 Å². The van der Waals surface area contributed by atoms with Crippen LogP contribution in [0.5, 0.6) is 0 Å². The molecule has 0 aromatic rings. The van der Waals surface area contributed by atoms with Crippen molar-refractivity contribution in [1.82, 2.24) is 10.2 Å². The molecule has 3 N–H and O–H groups in total. The van der Waals surface area contributed by atoms with E-state index < -0.39 is 11.0 Å². The lowest BCUT2D eigenvalue weighted by molar-refractivity contribution is -0.133. The summed E-state index contributed by atoms with van der Waals surface area (Å²) >= 11 is 0. The Kier molecular flexibility index (Phi) is 3.94. The molecule has 19 heavy (non-hydrogen) atoms. The Hall–Kier alpha value is -0.610. The normalized spacial score (nSPS) is 29.1. The van der Waals surface area contributed by atoms with Gasteiger partial charge in [-0.05, 0) is 59.9 Å². The van der Waals surface area contributed by atoms with Crippen molar-refractivity contribution in [2.45, 2.75) is 71.0 Å². The number of carbonyl (C=O) groups is 1. The molecular weight excluding hydrogens is 238 g/mol. The summed E-state index contributed by atoms with van der Waals surface area (Å²) in [7, 11) is 0. The van der Waals surface area contributed by atoms with Crippen LogP contribution in [0.15, 0.2) is 0 Å². The van der Waals surface area contributed by atoms with E-state index in [1.807, 2.05) is 27.7 Å². The number of rotatable bonds is 3. The van der Waals surface area contributed by atoms with Gasteiger partial charge < -0.3 is 16.0 Å². The van der Waals surface area contributed by atoms with Crippen LogP contribution in [-0.2, 0) is 4.79 Å². The minimum absolute atomic E-state index is 0.0939. The van der Waals surface area contributed by atoms with Gasteiger partial charge in [-0.2, -0.15) is 0 Å². The van der Waals surface area contributed by atoms with Gasteiger partial charge in [-0.1, -0.05) is 0 Å². The molecule has 4 nitrogen and oxygen atoms in total. The highest BCUT2D eigenvalue weighted by molar-refractivity contribution is 5.83. The molecule has 0 radical (unpaired) electrons. The van der Waals surface area contributed by atoms with Crippen LogP contribution < -0.4 is 11.1 Å². The fourth-order valence-corrected chi connectivity index (χ4v) is 3.01. The monoisotopic (exact) mass is 267 g/mol. The Morgan fingerprint density at radius 2 is 1.89 bits per heavy atom. The maximum Gasteiger partial charge on any atom is 0.227 e. The van der Waals surface area contributed by atoms with E-state index in [2.05, 4.69) is 10.2 Å². The van der Waals surface area contributed by atoms with Crippen molar-refractivity contribution in [2.24, 2.45) is 11.1 Å². The third-order valence-corrected chi connectivity index (χ3v) is 5.33. The third-order valence-electron chi connectivity index (χ3n) is 5.33. The molecule has 0 aromatic heterocycles. The SMILES string of the molecule is CC(C)(N)C(C)(C)C(=O)NC1CCN2CCCC2C1. The number of piperidine rings is 1. The Balaban J connectivity index is 1.93. The molecule has 0 bridgehead atoms. The lowest BCUT2D eigenvalue weighted by atomic mass is 9.74. The average Bonchev–Trinajstić information content (AvgIpc) is 2.74. The van der Waals surface area contributed by atoms with Crippen LogP contribution in [0.3, 0.4) is 0 Å². The summed E-state index contributed by atoms with van der Waals surface area (Å²) in [5.74, 6) is 0.0939. The van der Waals surface area contributed by atoms with Crippen LogP contribution in [0.4, 0.5) is 0 Å². The summed E-state index contributed by atoms with van der Waals surface area (Å²) < 4.78 is 0. The molecule has 2 atom stereocenters. The fraction of sp³-hybridized carbons (Fsp3) is 0.933. The molecule has 0 aromatic carbocycles. The van der Waals surface area contributed by atoms with Gasteiger partial charge in [-0.25, -0.2) is 0 Å². The predicted molar refractivity (Wildman–Crippen MR) is 77.8 cm³/mol. The average molecular weight is 267 g/mol. The number of nitrogens with one attached hydrogen (secondary N) is 1. The standard InChI is InChI=1S/C15H29N3O/c1-14(2,15(3,4)16)13(19)17-11-7-9-18-8-5-6-12(18)10-11/h11-12H,5-10,16H2,1-4H3,(H,17,19). The van der Waals surface area contributed by atoms with E-state index in [9.17, 15) is 4.79 Å². The number of hydrogen-bond acceptors (Lipinski definition) is 3. The van der Waals surface area contributed by atoms with Gasteiger partial charge in [-0.3, -0.25) is 4.79 Å². The molecule has 1 amide bonds. The van der Waals surface area contributed by atoms with Gasteiger partial charge >= 0.3 is 0 Å². The van der Waals surface area contributed by atoms with E-state index in [0.717, 1.165) is 19.4 Å². The van der Waals surface area contributed by atoms with E-state index in [0.29, 0.717) is 12.1 Å². The molecule has 2 rings (SSSR count). The minimum atomic E-state index is -0.542. The summed E-state index contributed by atoms with van der Waals surface area (Å²) in [5.41, 5.74) is 5.09. The van der Waals surface area contributed by atoms with Crippen molar-refractivity contribution in [3.8, 4) is 0 Å². The van der Waals surface area contributed by atoms with Gasteiger partial charge in [0.05, 0.1) is 5.41 Å². The molecular formula is C15H29N3O. The minimum Gasteiger partial charge on any atom is -0.353 e. The first kappa shape index (κ1) is 14.8. The van der Waals surface area contributed by atoms with E-state index in [-0.39, 0.29) is 5.91 Å². The third kappa shape index (κ3) is 2.95. The number of hydrogen-bond donors (Lipinski definition) is 2. The van der Waals surface area contributed by atoms with Crippen LogP contribution in [-0.4, -0.2) is 41.5 Å². The topological polar surface area (TPSA) is 58.4 Å². The first-order valence-electron chi connectivity index (χ1n) is 7.56. The molecule has 0 saturated carbocycles. The molecule has 2 heterocycles. The van der Waals surface area contributed by atoms with Crippen molar-refractivity contribution in [1.29, 1.82) is 0 Å². The highest BCUT2D eigenvalue weighted by Crippen LogP contribution is 2.31. The smallest absolute Gasteiger partial charge is 0.227 e. The quantitative estimate of drug-likeness (QED) is 0.814. The van der Waals surface area contributed by atoms with E-state index in [1.54, 1.807) is 0 Å². The molecule has 4 heteroatoms. The van der Waals surface area contributed by atoms with Gasteiger partial charge in [0, 0.05) is 24.2 Å². The number of nitrogens with two attached hydrogens (primary N) is 1. The summed E-state index contributed by atoms with van der Waals surface area (Å²) in [5, 5.41) is 3.23. The lowest BCUT2D eigenvalue weighted by Gasteiger charge is -2.40. The molecule has 0 aliphatic carbocycles. The van der Waals surface area contributed by atoms with Gasteiger partial charge in [0.25, 0.3) is 0 Å². The second-order valence-corrected chi connectivity index (χ2v) is 7.37. The maximum atomic E-state index is 12.5. The lowest BCUT2D eigenvalue weighted by Crippen LogP contribution is -2.58. The first-order valence-corrected chi connectivity index (χ1v) is 7.56. The molecule has 2 fully saturated rings. The maximum absolute atomic E-state index is 12.5. The Labute approximate surface area is 117 Å². The van der Waals surface area contributed by atoms with E-state index in [1.165, 1.54) is 19.4 Å². The first-order chi connectivity index (χ1) is 8.72. The molecule has 0 spiro atoms. The second-order valence-electron chi connectivity index (χ2n) is 7.37. The van der Waals surface area contributed by atoms with Gasteiger partial charge in [0.2, 0.25) is 5.91 Å². The zero-order valence-corrected chi connectivity index (χ0v) is 12.8. The molecule has 2 aliphatic rings. The van der Waals surface area contributed by atoms with Crippen molar-refractivity contribution < 1.29 is 4.79 Å². The predicted octanol–water partition coefficient (Wildman–Crippen LogP) is 1.49. The van der Waals surface area contributed by atoms with Crippen LogP contribution >= 0.6 is 0 Å². The zero-order valence-electron chi connectivity index (χ0n) is 12.8. The number of amides is 1. The molecule has 2 aliphatic heterocycles. The highest BCUT2D eigenvalue weighted by Gasteiger charge is 2.42. The molecule has 2 unspecified atom stereocenters. The summed E-state index contributed by atoms with van der Waals surface area (Å²) in [6.07, 6.45) is 4.78. The van der Waals surface area contributed by atoms with Crippen molar-refractivity contribution in [2.75, 3.05) is 13.1 Å².